The van der Waals surface area contributed by atoms with Crippen molar-refractivity contribution in [1.82, 2.24) is 9.97 Å². The maximum Gasteiger partial charge on any atom is 0.225 e. The molecule has 1 N–H and O–H groups in total. The number of aliphatic hydroxyl groups excluding tert-OH is 1. The molecule has 1 atom stereocenters. The summed E-state index contributed by atoms with van der Waals surface area (Å²) >= 11 is 0. The van der Waals surface area contributed by atoms with E-state index in [2.05, 4.69) is 21.8 Å². The van der Waals surface area contributed by atoms with Crippen molar-refractivity contribution in [3.8, 4) is 0 Å². The minimum atomic E-state index is -0.194. The van der Waals surface area contributed by atoms with Gasteiger partial charge in [0.1, 0.15) is 0 Å². The number of rotatable bonds is 3. The van der Waals surface area contributed by atoms with Crippen molar-refractivity contribution < 1.29 is 5.11 Å². The van der Waals surface area contributed by atoms with Gasteiger partial charge in [-0.2, -0.15) is 0 Å². The third-order valence-electron chi connectivity index (χ3n) is 3.60. The van der Waals surface area contributed by atoms with Crippen LogP contribution in [-0.2, 0) is 6.42 Å². The van der Waals surface area contributed by atoms with Gasteiger partial charge in [-0.25, -0.2) is 9.97 Å². The molecule has 94 valence electrons. The highest BCUT2D eigenvalue weighted by atomic mass is 16.3. The number of hydrogen-bond acceptors (Lipinski definition) is 4. The van der Waals surface area contributed by atoms with Crippen LogP contribution >= 0.6 is 0 Å². The third-order valence-corrected chi connectivity index (χ3v) is 3.60. The SMILES string of the molecule is CCc1cnc(N2CCC([C@H](C)O)CC2)nc1. The number of nitrogens with zero attached hydrogens (tertiary/aromatic N) is 3. The van der Waals surface area contributed by atoms with Gasteiger partial charge in [0.2, 0.25) is 5.95 Å². The third kappa shape index (κ3) is 2.94. The molecule has 4 nitrogen and oxygen atoms in total. The van der Waals surface area contributed by atoms with Gasteiger partial charge < -0.3 is 10.0 Å². The van der Waals surface area contributed by atoms with Crippen molar-refractivity contribution in [2.75, 3.05) is 18.0 Å². The van der Waals surface area contributed by atoms with E-state index in [1.54, 1.807) is 0 Å². The summed E-state index contributed by atoms with van der Waals surface area (Å²) in [6.45, 7) is 5.88. The van der Waals surface area contributed by atoms with Crippen LogP contribution in [0, 0.1) is 5.92 Å². The van der Waals surface area contributed by atoms with Crippen LogP contribution in [0.4, 0.5) is 5.95 Å². The van der Waals surface area contributed by atoms with Gasteiger partial charge in [0.05, 0.1) is 6.10 Å². The lowest BCUT2D eigenvalue weighted by atomic mass is 9.92. The van der Waals surface area contributed by atoms with E-state index in [1.807, 2.05) is 19.3 Å². The van der Waals surface area contributed by atoms with E-state index in [9.17, 15) is 5.11 Å². The minimum Gasteiger partial charge on any atom is -0.393 e. The largest absolute Gasteiger partial charge is 0.393 e. The van der Waals surface area contributed by atoms with Crippen LogP contribution < -0.4 is 4.90 Å². The zero-order valence-electron chi connectivity index (χ0n) is 10.6. The Hall–Kier alpha value is -1.16. The first-order valence-electron chi connectivity index (χ1n) is 6.44. The lowest BCUT2D eigenvalue weighted by Gasteiger charge is -2.33. The van der Waals surface area contributed by atoms with E-state index in [4.69, 9.17) is 0 Å². The molecule has 0 saturated carbocycles. The fourth-order valence-corrected chi connectivity index (χ4v) is 2.28. The average Bonchev–Trinajstić information content (AvgIpc) is 2.39. The molecule has 0 radical (unpaired) electrons. The Bertz CT molecular complexity index is 342. The molecule has 17 heavy (non-hydrogen) atoms. The van der Waals surface area contributed by atoms with Gasteiger partial charge in [0.25, 0.3) is 0 Å². The standard InChI is InChI=1S/C13H21N3O/c1-3-11-8-14-13(15-9-11)16-6-4-12(5-7-16)10(2)17/h8-10,12,17H,3-7H2,1-2H3/t10-/m0/s1. The fourth-order valence-electron chi connectivity index (χ4n) is 2.28. The second kappa shape index (κ2) is 5.45. The van der Waals surface area contributed by atoms with Crippen LogP contribution in [0.3, 0.4) is 0 Å². The highest BCUT2D eigenvalue weighted by molar-refractivity contribution is 5.30. The second-order valence-corrected chi connectivity index (χ2v) is 4.81. The molecule has 0 unspecified atom stereocenters. The van der Waals surface area contributed by atoms with E-state index in [-0.39, 0.29) is 6.10 Å². The van der Waals surface area contributed by atoms with Crippen molar-refractivity contribution >= 4 is 5.95 Å². The summed E-state index contributed by atoms with van der Waals surface area (Å²) in [5.41, 5.74) is 1.17. The van der Waals surface area contributed by atoms with Gasteiger partial charge in [0.15, 0.2) is 0 Å². The molecular formula is C13H21N3O. The number of anilines is 1. The Labute approximate surface area is 103 Å². The molecule has 1 aliphatic heterocycles. The minimum absolute atomic E-state index is 0.194. The molecule has 1 saturated heterocycles. The number of aliphatic hydroxyl groups is 1. The zero-order chi connectivity index (χ0) is 12.3. The van der Waals surface area contributed by atoms with Gasteiger partial charge in [-0.1, -0.05) is 6.92 Å². The second-order valence-electron chi connectivity index (χ2n) is 4.81. The summed E-state index contributed by atoms with van der Waals surface area (Å²) in [7, 11) is 0. The number of aryl methyl sites for hydroxylation is 1. The molecule has 4 heteroatoms. The molecule has 1 aromatic rings. The lowest BCUT2D eigenvalue weighted by Crippen LogP contribution is -2.37. The van der Waals surface area contributed by atoms with E-state index in [1.165, 1.54) is 5.56 Å². The summed E-state index contributed by atoms with van der Waals surface area (Å²) < 4.78 is 0. The molecule has 2 heterocycles. The monoisotopic (exact) mass is 235 g/mol. The van der Waals surface area contributed by atoms with Crippen molar-refractivity contribution in [3.63, 3.8) is 0 Å². The quantitative estimate of drug-likeness (QED) is 0.865. The normalized spacial score (nSPS) is 19.4. The summed E-state index contributed by atoms with van der Waals surface area (Å²) in [5.74, 6) is 1.26. The number of aromatic nitrogens is 2. The molecule has 0 bridgehead atoms. The molecule has 1 fully saturated rings. The molecule has 1 aliphatic rings. The highest BCUT2D eigenvalue weighted by Gasteiger charge is 2.23. The Balaban J connectivity index is 1.95. The first-order chi connectivity index (χ1) is 8.20. The Morgan fingerprint density at radius 2 is 1.94 bits per heavy atom. The summed E-state index contributed by atoms with van der Waals surface area (Å²) in [6, 6.07) is 0. The lowest BCUT2D eigenvalue weighted by molar-refractivity contribution is 0.109. The van der Waals surface area contributed by atoms with Crippen LogP contribution in [0.5, 0.6) is 0 Å². The first-order valence-corrected chi connectivity index (χ1v) is 6.44. The first kappa shape index (κ1) is 12.3. The Kier molecular flexibility index (Phi) is 3.94. The van der Waals surface area contributed by atoms with Gasteiger partial charge in [-0.15, -0.1) is 0 Å². The zero-order valence-corrected chi connectivity index (χ0v) is 10.6. The van der Waals surface area contributed by atoms with Crippen molar-refractivity contribution in [3.05, 3.63) is 18.0 Å². The molecule has 0 spiro atoms. The van der Waals surface area contributed by atoms with Crippen LogP contribution in [0.25, 0.3) is 0 Å². The number of piperidine rings is 1. The van der Waals surface area contributed by atoms with E-state index >= 15 is 0 Å². The van der Waals surface area contributed by atoms with E-state index in [0.29, 0.717) is 5.92 Å². The predicted molar refractivity (Wildman–Crippen MR) is 68.0 cm³/mol. The molecule has 0 aromatic carbocycles. The van der Waals surface area contributed by atoms with Gasteiger partial charge in [-0.3, -0.25) is 0 Å². The predicted octanol–water partition coefficient (Wildman–Crippen LogP) is 1.64. The van der Waals surface area contributed by atoms with Gasteiger partial charge >= 0.3 is 0 Å². The van der Waals surface area contributed by atoms with E-state index in [0.717, 1.165) is 38.3 Å². The van der Waals surface area contributed by atoms with Crippen LogP contribution in [0.2, 0.25) is 0 Å². The molecule has 0 amide bonds. The maximum absolute atomic E-state index is 9.55. The average molecular weight is 235 g/mol. The highest BCUT2D eigenvalue weighted by Crippen LogP contribution is 2.22. The molecular weight excluding hydrogens is 214 g/mol. The summed E-state index contributed by atoms with van der Waals surface area (Å²) in [4.78, 5) is 11.0. The molecule has 0 aliphatic carbocycles. The van der Waals surface area contributed by atoms with Gasteiger partial charge in [-0.05, 0) is 37.7 Å². The number of hydrogen-bond donors (Lipinski definition) is 1. The van der Waals surface area contributed by atoms with Crippen LogP contribution in [0.1, 0.15) is 32.3 Å². The Morgan fingerprint density at radius 3 is 2.41 bits per heavy atom. The Morgan fingerprint density at radius 1 is 1.35 bits per heavy atom. The summed E-state index contributed by atoms with van der Waals surface area (Å²) in [5, 5.41) is 9.55. The van der Waals surface area contributed by atoms with Crippen molar-refractivity contribution in [2.45, 2.75) is 39.2 Å². The van der Waals surface area contributed by atoms with Crippen molar-refractivity contribution in [2.24, 2.45) is 5.92 Å². The topological polar surface area (TPSA) is 49.2 Å². The van der Waals surface area contributed by atoms with E-state index < -0.39 is 0 Å². The smallest absolute Gasteiger partial charge is 0.225 e. The fraction of sp³-hybridized carbons (Fsp3) is 0.692. The van der Waals surface area contributed by atoms with Crippen molar-refractivity contribution in [1.29, 1.82) is 0 Å². The molecule has 2 rings (SSSR count). The van der Waals surface area contributed by atoms with Gasteiger partial charge in [0, 0.05) is 25.5 Å². The van der Waals surface area contributed by atoms with Crippen LogP contribution in [-0.4, -0.2) is 34.3 Å². The van der Waals surface area contributed by atoms with Crippen LogP contribution in [0.15, 0.2) is 12.4 Å². The molecule has 1 aromatic heterocycles. The maximum atomic E-state index is 9.55. The summed E-state index contributed by atoms with van der Waals surface area (Å²) in [6.07, 6.45) is 6.64.